The van der Waals surface area contributed by atoms with E-state index in [-0.39, 0.29) is 42.2 Å². The Morgan fingerprint density at radius 3 is 2.24 bits per heavy atom. The number of likely N-dealkylation sites (N-methyl/N-ethyl adjacent to an activating group) is 1. The monoisotopic (exact) mass is 510 g/mol. The maximum Gasteiger partial charge on any atom is 0.310 e. The highest BCUT2D eigenvalue weighted by molar-refractivity contribution is 5.79. The van der Waals surface area contributed by atoms with Crippen molar-refractivity contribution in [3.8, 4) is 28.7 Å². The van der Waals surface area contributed by atoms with Crippen molar-refractivity contribution in [3.05, 3.63) is 41.0 Å². The molecule has 0 saturated carbocycles. The van der Waals surface area contributed by atoms with E-state index in [0.717, 1.165) is 56.0 Å². The van der Waals surface area contributed by atoms with Gasteiger partial charge in [-0.15, -0.1) is 0 Å². The number of cyclic esters (lactones) is 1. The van der Waals surface area contributed by atoms with Crippen molar-refractivity contribution in [2.24, 2.45) is 11.8 Å². The second-order valence-electron chi connectivity index (χ2n) is 10.4. The van der Waals surface area contributed by atoms with Crippen LogP contribution in [0, 0.1) is 11.8 Å². The Balaban J connectivity index is 1.44. The maximum absolute atomic E-state index is 13.3. The molecule has 9 nitrogen and oxygen atoms in total. The molecule has 4 atom stereocenters. The molecule has 2 fully saturated rings. The van der Waals surface area contributed by atoms with Crippen molar-refractivity contribution in [3.63, 3.8) is 0 Å². The van der Waals surface area contributed by atoms with Crippen molar-refractivity contribution in [2.45, 2.75) is 18.3 Å². The van der Waals surface area contributed by atoms with Crippen LogP contribution in [-0.4, -0.2) is 88.3 Å². The smallest absolute Gasteiger partial charge is 0.310 e. The zero-order chi connectivity index (χ0) is 25.7. The van der Waals surface area contributed by atoms with Crippen LogP contribution < -0.4 is 18.9 Å². The minimum atomic E-state index is -0.357. The Morgan fingerprint density at radius 1 is 0.946 bits per heavy atom. The van der Waals surface area contributed by atoms with E-state index in [1.54, 1.807) is 12.1 Å². The lowest BCUT2D eigenvalue weighted by atomic mass is 9.62. The molecular formula is C28H34N2O7. The molecule has 37 heavy (non-hydrogen) atoms. The van der Waals surface area contributed by atoms with Gasteiger partial charge < -0.3 is 38.6 Å². The largest absolute Gasteiger partial charge is 0.502 e. The SMILES string of the molecule is COc1cc([C@@H]2c3cc4c(cc3[C@@H](CCN3CCN(C)CC3)[C@H]3COC(=O)[C@H]23)OCO4)cc(OC)c1O. The van der Waals surface area contributed by atoms with Gasteiger partial charge in [0.05, 0.1) is 26.7 Å². The molecule has 2 aromatic carbocycles. The van der Waals surface area contributed by atoms with Gasteiger partial charge >= 0.3 is 5.97 Å². The first-order valence-corrected chi connectivity index (χ1v) is 12.9. The molecule has 4 aliphatic rings. The molecule has 0 aromatic heterocycles. The van der Waals surface area contributed by atoms with Crippen LogP contribution in [0.2, 0.25) is 0 Å². The molecule has 0 radical (unpaired) electrons. The number of benzene rings is 2. The van der Waals surface area contributed by atoms with Crippen LogP contribution in [0.3, 0.4) is 0 Å². The molecule has 0 spiro atoms. The van der Waals surface area contributed by atoms with Crippen LogP contribution in [0.15, 0.2) is 24.3 Å². The lowest BCUT2D eigenvalue weighted by molar-refractivity contribution is -0.141. The van der Waals surface area contributed by atoms with E-state index in [1.807, 2.05) is 6.07 Å². The molecule has 198 valence electrons. The van der Waals surface area contributed by atoms with Gasteiger partial charge in [0.2, 0.25) is 12.5 Å². The van der Waals surface area contributed by atoms with Crippen LogP contribution in [-0.2, 0) is 9.53 Å². The number of nitrogens with zero attached hydrogens (tertiary/aromatic N) is 2. The fourth-order valence-electron chi connectivity index (χ4n) is 6.53. The summed E-state index contributed by atoms with van der Waals surface area (Å²) in [5.41, 5.74) is 3.04. The number of fused-ring (bicyclic) bond motifs is 3. The van der Waals surface area contributed by atoms with E-state index in [0.29, 0.717) is 23.9 Å². The van der Waals surface area contributed by atoms with E-state index < -0.39 is 0 Å². The topological polar surface area (TPSA) is 89.9 Å². The number of carbonyl (C=O) groups excluding carboxylic acids is 1. The number of aromatic hydroxyl groups is 1. The van der Waals surface area contributed by atoms with Crippen molar-refractivity contribution in [1.29, 1.82) is 0 Å². The van der Waals surface area contributed by atoms with Crippen molar-refractivity contribution in [1.82, 2.24) is 9.80 Å². The van der Waals surface area contributed by atoms with Gasteiger partial charge in [0.1, 0.15) is 0 Å². The molecule has 3 aliphatic heterocycles. The Labute approximate surface area is 216 Å². The highest BCUT2D eigenvalue weighted by Gasteiger charge is 2.52. The van der Waals surface area contributed by atoms with E-state index in [4.69, 9.17) is 23.7 Å². The van der Waals surface area contributed by atoms with Crippen molar-refractivity contribution >= 4 is 5.97 Å². The molecule has 2 aromatic rings. The fourth-order valence-corrected chi connectivity index (χ4v) is 6.53. The van der Waals surface area contributed by atoms with Gasteiger partial charge in [0.15, 0.2) is 23.0 Å². The second kappa shape index (κ2) is 9.61. The van der Waals surface area contributed by atoms with Gasteiger partial charge in [-0.25, -0.2) is 0 Å². The number of rotatable bonds is 6. The first-order valence-electron chi connectivity index (χ1n) is 12.9. The maximum atomic E-state index is 13.3. The number of hydrogen-bond donors (Lipinski definition) is 1. The van der Waals surface area contributed by atoms with Crippen LogP contribution in [0.1, 0.15) is 34.9 Å². The summed E-state index contributed by atoms with van der Waals surface area (Å²) in [6.45, 7) is 5.79. The second-order valence-corrected chi connectivity index (χ2v) is 10.4. The number of phenols is 1. The quantitative estimate of drug-likeness (QED) is 0.589. The number of carbonyl (C=O) groups is 1. The molecule has 6 rings (SSSR count). The van der Waals surface area contributed by atoms with Crippen molar-refractivity contribution in [2.75, 3.05) is 67.4 Å². The fraction of sp³-hybridized carbons (Fsp3) is 0.536. The summed E-state index contributed by atoms with van der Waals surface area (Å²) in [5.74, 6) is 1.31. The van der Waals surface area contributed by atoms with Gasteiger partial charge in [-0.1, -0.05) is 0 Å². The molecule has 3 heterocycles. The molecule has 0 unspecified atom stereocenters. The summed E-state index contributed by atoms with van der Waals surface area (Å²) in [4.78, 5) is 18.2. The Bertz CT molecular complexity index is 1170. The predicted molar refractivity (Wildman–Crippen MR) is 135 cm³/mol. The zero-order valence-electron chi connectivity index (χ0n) is 21.6. The van der Waals surface area contributed by atoms with Gasteiger partial charge in [-0.2, -0.15) is 0 Å². The minimum Gasteiger partial charge on any atom is -0.502 e. The molecule has 0 amide bonds. The Kier molecular flexibility index (Phi) is 6.28. The summed E-state index contributed by atoms with van der Waals surface area (Å²) >= 11 is 0. The third-order valence-electron chi connectivity index (χ3n) is 8.55. The number of ether oxygens (including phenoxy) is 5. The molecule has 1 aliphatic carbocycles. The molecule has 0 bridgehead atoms. The lowest BCUT2D eigenvalue weighted by Gasteiger charge is -2.40. The van der Waals surface area contributed by atoms with Gasteiger partial charge in [-0.05, 0) is 66.9 Å². The number of phenolic OH excluding ortho intramolecular Hbond substituents is 1. The third kappa shape index (κ3) is 4.14. The Hall–Kier alpha value is -3.17. The first kappa shape index (κ1) is 24.2. The highest BCUT2D eigenvalue weighted by Crippen LogP contribution is 2.57. The number of piperazine rings is 1. The summed E-state index contributed by atoms with van der Waals surface area (Å²) < 4.78 is 28.2. The normalized spacial score (nSPS) is 26.9. The molecule has 1 N–H and O–H groups in total. The van der Waals surface area contributed by atoms with E-state index in [1.165, 1.54) is 19.8 Å². The van der Waals surface area contributed by atoms with Gasteiger partial charge in [0, 0.05) is 38.0 Å². The van der Waals surface area contributed by atoms with Crippen LogP contribution in [0.25, 0.3) is 0 Å². The molecular weight excluding hydrogens is 476 g/mol. The van der Waals surface area contributed by atoms with E-state index in [2.05, 4.69) is 22.9 Å². The number of methoxy groups -OCH3 is 2. The standard InChI is InChI=1S/C28H34N2O7/c1-29-6-8-30(9-7-29)5-4-17-18-12-21-22(37-15-36-21)13-19(18)25(26-20(17)14-35-28(26)32)16-10-23(33-2)27(31)24(11-16)34-3/h10-13,17,20,25-26,31H,4-9,14-15H2,1-3H3/t17-,20-,25-,26+/m1/s1. The van der Waals surface area contributed by atoms with Crippen LogP contribution >= 0.6 is 0 Å². The van der Waals surface area contributed by atoms with E-state index >= 15 is 0 Å². The minimum absolute atomic E-state index is 0.0311. The summed E-state index contributed by atoms with van der Waals surface area (Å²) in [6.07, 6.45) is 0.934. The average molecular weight is 511 g/mol. The van der Waals surface area contributed by atoms with Crippen LogP contribution in [0.4, 0.5) is 0 Å². The van der Waals surface area contributed by atoms with Gasteiger partial charge in [0.25, 0.3) is 0 Å². The molecule has 2 saturated heterocycles. The summed E-state index contributed by atoms with van der Waals surface area (Å²) in [5, 5.41) is 10.5. The predicted octanol–water partition coefficient (Wildman–Crippen LogP) is 2.79. The first-order chi connectivity index (χ1) is 18.0. The number of hydrogen-bond acceptors (Lipinski definition) is 9. The molecule has 9 heteroatoms. The zero-order valence-corrected chi connectivity index (χ0v) is 21.6. The Morgan fingerprint density at radius 2 is 1.59 bits per heavy atom. The summed E-state index contributed by atoms with van der Waals surface area (Å²) in [7, 11) is 5.18. The third-order valence-corrected chi connectivity index (χ3v) is 8.55. The lowest BCUT2D eigenvalue weighted by Crippen LogP contribution is -2.45. The van der Waals surface area contributed by atoms with Crippen molar-refractivity contribution < 1.29 is 33.6 Å². The highest BCUT2D eigenvalue weighted by atomic mass is 16.7. The number of esters is 1. The summed E-state index contributed by atoms with van der Waals surface area (Å²) in [6, 6.07) is 7.72. The van der Waals surface area contributed by atoms with Gasteiger partial charge in [-0.3, -0.25) is 4.79 Å². The van der Waals surface area contributed by atoms with Crippen LogP contribution in [0.5, 0.6) is 28.7 Å². The average Bonchev–Trinajstić information content (AvgIpc) is 3.53. The van der Waals surface area contributed by atoms with E-state index in [9.17, 15) is 9.90 Å².